The van der Waals surface area contributed by atoms with Gasteiger partial charge in [-0.05, 0) is 217 Å². The smallest absolute Gasteiger partial charge is 0.347 e. The maximum absolute atomic E-state index is 12.5. The largest absolute Gasteiger partial charge is 0.457 e. The zero-order chi connectivity index (χ0) is 72.9. The molecule has 3 heterocycles. The lowest BCUT2D eigenvalue weighted by atomic mass is 9.78. The van der Waals surface area contributed by atoms with E-state index in [0.717, 1.165) is 39.3 Å². The van der Waals surface area contributed by atoms with Crippen molar-refractivity contribution in [2.24, 2.45) is 0 Å². The number of anilines is 4. The summed E-state index contributed by atoms with van der Waals surface area (Å²) in [5, 5.41) is 0. The number of benzene rings is 12. The van der Waals surface area contributed by atoms with Gasteiger partial charge in [0.1, 0.15) is 46.0 Å². The Hall–Kier alpha value is -14.8. The van der Waals surface area contributed by atoms with Crippen LogP contribution in [0, 0.1) is 23.7 Å². The highest BCUT2D eigenvalue weighted by atomic mass is 16.6. The number of carbonyl (C=O) groups excluding carboxylic acids is 7. The molecule has 18 heteroatoms. The van der Waals surface area contributed by atoms with Crippen LogP contribution in [-0.4, -0.2) is 41.6 Å². The number of rotatable bonds is 12. The monoisotopic (exact) mass is 1370 g/mol. The molecule has 0 spiro atoms. The molecule has 3 aliphatic rings. The van der Waals surface area contributed by atoms with Gasteiger partial charge in [-0.3, -0.25) is 4.79 Å². The Morgan fingerprint density at radius 2 is 0.596 bits per heavy atom. The summed E-state index contributed by atoms with van der Waals surface area (Å²) in [4.78, 5) is 82.1. The van der Waals surface area contributed by atoms with E-state index in [1.54, 1.807) is 84.9 Å². The van der Waals surface area contributed by atoms with E-state index in [1.165, 1.54) is 24.3 Å². The highest BCUT2D eigenvalue weighted by Crippen LogP contribution is 2.37. The Balaban J connectivity index is 0.000000136. The Morgan fingerprint density at radius 1 is 0.279 bits per heavy atom. The highest BCUT2D eigenvalue weighted by molar-refractivity contribution is 6.16. The van der Waals surface area contributed by atoms with Gasteiger partial charge in [0, 0.05) is 67.6 Å². The van der Waals surface area contributed by atoms with Crippen LogP contribution in [-0.2, 0) is 19.6 Å². The fourth-order valence-electron chi connectivity index (χ4n) is 10.7. The molecule has 0 fully saturated rings. The lowest BCUT2D eigenvalue weighted by Gasteiger charge is -2.26. The molecule has 0 aromatic heterocycles. The van der Waals surface area contributed by atoms with Crippen LogP contribution < -0.4 is 41.9 Å². The van der Waals surface area contributed by atoms with Gasteiger partial charge in [0.2, 0.25) is 0 Å². The van der Waals surface area contributed by atoms with Crippen LogP contribution in [0.1, 0.15) is 125 Å². The van der Waals surface area contributed by atoms with Crippen LogP contribution in [0.5, 0.6) is 46.0 Å². The van der Waals surface area contributed by atoms with Crippen molar-refractivity contribution in [2.45, 2.75) is 19.3 Å². The average molecular weight is 1370 g/mol. The number of nitrogen functional groups attached to an aromatic ring is 4. The molecule has 18 nitrogen and oxygen atoms in total. The first-order valence-corrected chi connectivity index (χ1v) is 32.1. The van der Waals surface area contributed by atoms with Crippen molar-refractivity contribution in [3.63, 3.8) is 0 Å². The fraction of sp³-hybridized carbons (Fsp3) is 0.0349. The number of hydrogen-bond acceptors (Lipinski definition) is 18. The molecule has 0 bridgehead atoms. The minimum Gasteiger partial charge on any atom is -0.457 e. The molecule has 15 rings (SSSR count). The number of nitrogens with two attached hydrogens (primary N) is 4. The molecule has 0 saturated carbocycles. The summed E-state index contributed by atoms with van der Waals surface area (Å²) in [6.45, 7) is 4.20. The molecule has 104 heavy (non-hydrogen) atoms. The van der Waals surface area contributed by atoms with Gasteiger partial charge in [-0.25, -0.2) is 28.8 Å². The van der Waals surface area contributed by atoms with E-state index in [1.807, 2.05) is 170 Å². The first kappa shape index (κ1) is 69.2. The van der Waals surface area contributed by atoms with Crippen molar-refractivity contribution in [3.8, 4) is 69.7 Å². The van der Waals surface area contributed by atoms with Crippen LogP contribution in [0.4, 0.5) is 22.7 Å². The van der Waals surface area contributed by atoms with Gasteiger partial charge in [0.05, 0.1) is 33.4 Å². The topological polar surface area (TPSA) is 288 Å². The Morgan fingerprint density at radius 3 is 1.00 bits per heavy atom. The fourth-order valence-corrected chi connectivity index (χ4v) is 10.7. The van der Waals surface area contributed by atoms with Crippen LogP contribution >= 0.6 is 0 Å². The van der Waals surface area contributed by atoms with Gasteiger partial charge >= 0.3 is 35.8 Å². The third-order valence-electron chi connectivity index (χ3n) is 16.2. The van der Waals surface area contributed by atoms with Gasteiger partial charge in [-0.15, -0.1) is 0 Å². The lowest BCUT2D eigenvalue weighted by molar-refractivity contribution is 0.0425. The van der Waals surface area contributed by atoms with Crippen LogP contribution in [0.15, 0.2) is 279 Å². The molecule has 0 aliphatic carbocycles. The molecule has 0 saturated heterocycles. The summed E-state index contributed by atoms with van der Waals surface area (Å²) in [6, 6.07) is 82.6. The summed E-state index contributed by atoms with van der Waals surface area (Å²) in [5.74, 6) is 13.0. The molecular weight excluding hydrogens is 1310 g/mol. The van der Waals surface area contributed by atoms with Gasteiger partial charge in [-0.1, -0.05) is 104 Å². The molecule has 3 aliphatic heterocycles. The molecule has 0 atom stereocenters. The van der Waals surface area contributed by atoms with Gasteiger partial charge in [0.25, 0.3) is 0 Å². The molecule has 0 unspecified atom stereocenters. The van der Waals surface area contributed by atoms with E-state index in [2.05, 4.69) is 51.7 Å². The van der Waals surface area contributed by atoms with Crippen molar-refractivity contribution in [1.82, 2.24) is 0 Å². The second-order valence-corrected chi connectivity index (χ2v) is 23.9. The molecule has 12 aromatic carbocycles. The summed E-state index contributed by atoms with van der Waals surface area (Å²) in [6.07, 6.45) is 0. The lowest BCUT2D eigenvalue weighted by Crippen LogP contribution is -2.18. The van der Waals surface area contributed by atoms with Crippen LogP contribution in [0.25, 0.3) is 0 Å². The van der Waals surface area contributed by atoms with Crippen LogP contribution in [0.2, 0.25) is 0 Å². The number of ether oxygens (including phenoxy) is 7. The SMILES string of the molecule is CC(C)(c1ccc(Oc2ccc3c(c2)C(=O)OC3=O)cc1)c1ccc(Oc2ccc3c(c2)C(=O)OC3=O)cc1.Nc1cc(N)cc(C(=O)c2ccc(C#Cc3ccccc3)cc2)c1.Nc1ccc(Oc2cccc(Oc3ccc(N)cc3)c2)cc1.O=C1OC(=O)c2cc(C#Cc3ccccc3)ccc21. The van der Waals surface area contributed by atoms with Crippen molar-refractivity contribution >= 4 is 64.3 Å². The predicted molar refractivity (Wildman–Crippen MR) is 392 cm³/mol. The van der Waals surface area contributed by atoms with Crippen molar-refractivity contribution in [2.75, 3.05) is 22.9 Å². The Bertz CT molecular complexity index is 5220. The number of carbonyl (C=O) groups is 7. The average Bonchev–Trinajstić information content (AvgIpc) is 1.38. The molecule has 8 N–H and O–H groups in total. The number of ketones is 1. The summed E-state index contributed by atoms with van der Waals surface area (Å²) in [5.41, 5.74) is 32.8. The first-order valence-electron chi connectivity index (χ1n) is 32.1. The number of fused-ring (bicyclic) bond motifs is 3. The zero-order valence-electron chi connectivity index (χ0n) is 55.6. The van der Waals surface area contributed by atoms with Crippen molar-refractivity contribution < 1.29 is 66.7 Å². The highest BCUT2D eigenvalue weighted by Gasteiger charge is 2.32. The molecule has 12 aromatic rings. The van der Waals surface area contributed by atoms with E-state index in [0.29, 0.717) is 79.5 Å². The van der Waals surface area contributed by atoms with Crippen LogP contribution in [0.3, 0.4) is 0 Å². The second-order valence-electron chi connectivity index (χ2n) is 23.9. The summed E-state index contributed by atoms with van der Waals surface area (Å²) < 4.78 is 37.1. The number of hydrogen-bond donors (Lipinski definition) is 4. The van der Waals surface area contributed by atoms with Crippen molar-refractivity contribution in [3.05, 3.63) is 357 Å². The maximum atomic E-state index is 12.5. The van der Waals surface area contributed by atoms with Gasteiger partial charge < -0.3 is 56.1 Å². The minimum atomic E-state index is -0.678. The van der Waals surface area contributed by atoms with E-state index >= 15 is 0 Å². The first-order chi connectivity index (χ1) is 50.2. The van der Waals surface area contributed by atoms with Gasteiger partial charge in [-0.2, -0.15) is 0 Å². The van der Waals surface area contributed by atoms with E-state index in [-0.39, 0.29) is 39.0 Å². The molecule has 508 valence electrons. The third kappa shape index (κ3) is 17.2. The maximum Gasteiger partial charge on any atom is 0.347 e. The minimum absolute atomic E-state index is 0.114. The Kier molecular flexibility index (Phi) is 20.6. The number of cyclic esters (lactones) is 6. The van der Waals surface area contributed by atoms with E-state index < -0.39 is 35.8 Å². The summed E-state index contributed by atoms with van der Waals surface area (Å²) in [7, 11) is 0. The molecule has 0 amide bonds. The third-order valence-corrected chi connectivity index (χ3v) is 16.2. The predicted octanol–water partition coefficient (Wildman–Crippen LogP) is 16.5. The zero-order valence-corrected chi connectivity index (χ0v) is 55.6. The second kappa shape index (κ2) is 31.0. The van der Waals surface area contributed by atoms with Gasteiger partial charge in [0.15, 0.2) is 5.78 Å². The van der Waals surface area contributed by atoms with E-state index in [9.17, 15) is 33.6 Å². The molecule has 0 radical (unpaired) electrons. The molecular formula is C86H60N4O14. The normalized spacial score (nSPS) is 11.9. The summed E-state index contributed by atoms with van der Waals surface area (Å²) >= 11 is 0. The van der Waals surface area contributed by atoms with E-state index in [4.69, 9.17) is 41.9 Å². The Labute approximate surface area is 596 Å². The number of esters is 6. The van der Waals surface area contributed by atoms with Crippen molar-refractivity contribution in [1.29, 1.82) is 0 Å². The standard InChI is InChI=1S/C31H20O8.C21H16N2O.C18H16N2O2.C16H8O3/c1-31(2,17-3-7-19(8-4-17)36-21-11-13-23-25(15-21)29(34)38-27(23)32)18-5-9-20(10-6-18)37-22-12-14-24-26(16-22)30(35)39-28(24)33;22-19-12-18(13-20(23)14-19)21(24)17-10-8-16(9-11-17)7-6-15-4-2-1-3-5-15;19-13-4-8-15(9-5-13)21-17-2-1-3-18(12-17)22-16-10-6-14(20)7-11-16;17-15-13-9-8-12(10-14(13)16(18)19-15)7-6-11-4-2-1-3-5-11/h3-16H,1-2H3;1-5,8-14H,22-23H2;1-12H,19-20H2;1-5,8-10H. The quantitative estimate of drug-likeness (QED) is 0.0221.